The molecular formula is C20H22N4O5S2. The second-order valence-corrected chi connectivity index (χ2v) is 9.65. The number of thiazole rings is 1. The van der Waals surface area contributed by atoms with E-state index in [1.54, 1.807) is 30.3 Å². The quantitative estimate of drug-likeness (QED) is 0.495. The number of rotatable bonds is 7. The van der Waals surface area contributed by atoms with Gasteiger partial charge in [0.1, 0.15) is 11.3 Å². The summed E-state index contributed by atoms with van der Waals surface area (Å²) in [5.74, 6) is 0.424. The number of carbonyl (C=O) groups excluding carboxylic acids is 1. The van der Waals surface area contributed by atoms with Crippen LogP contribution in [0, 0.1) is 0 Å². The number of ether oxygens (including phenoxy) is 2. The maximum Gasteiger partial charge on any atom is 0.319 e. The average Bonchev–Trinajstić information content (AvgIpc) is 3.41. The van der Waals surface area contributed by atoms with Gasteiger partial charge in [-0.05, 0) is 31.0 Å². The number of carbonyl (C=O) groups is 1. The second kappa shape index (κ2) is 9.08. The summed E-state index contributed by atoms with van der Waals surface area (Å²) >= 11 is 1.15. The highest BCUT2D eigenvalue weighted by molar-refractivity contribution is 7.93. The van der Waals surface area contributed by atoms with Crippen LogP contribution in [0.25, 0.3) is 10.2 Å². The van der Waals surface area contributed by atoms with Crippen LogP contribution >= 0.6 is 11.3 Å². The van der Waals surface area contributed by atoms with Crippen LogP contribution in [-0.4, -0.2) is 45.8 Å². The van der Waals surface area contributed by atoms with Gasteiger partial charge in [-0.3, -0.25) is 4.72 Å². The van der Waals surface area contributed by atoms with Crippen LogP contribution < -0.4 is 20.1 Å². The summed E-state index contributed by atoms with van der Waals surface area (Å²) in [4.78, 5) is 16.7. The number of nitrogens with one attached hydrogen (secondary N) is 3. The minimum absolute atomic E-state index is 0.0458. The van der Waals surface area contributed by atoms with E-state index in [-0.39, 0.29) is 22.2 Å². The largest absolute Gasteiger partial charge is 0.494 e. The fraction of sp³-hybridized carbons (Fsp3) is 0.300. The van der Waals surface area contributed by atoms with Gasteiger partial charge in [-0.15, -0.1) is 0 Å². The topological polar surface area (TPSA) is 119 Å². The lowest BCUT2D eigenvalue weighted by molar-refractivity contribution is 0.112. The van der Waals surface area contributed by atoms with Gasteiger partial charge in [0.15, 0.2) is 5.13 Å². The molecule has 1 aromatic heterocycles. The van der Waals surface area contributed by atoms with Crippen LogP contribution in [0.3, 0.4) is 0 Å². The number of benzene rings is 2. The van der Waals surface area contributed by atoms with Crippen molar-refractivity contribution >= 4 is 48.4 Å². The number of anilines is 2. The fourth-order valence-corrected chi connectivity index (χ4v) is 5.41. The van der Waals surface area contributed by atoms with E-state index in [0.717, 1.165) is 30.8 Å². The summed E-state index contributed by atoms with van der Waals surface area (Å²) in [5.41, 5.74) is 1.01. The van der Waals surface area contributed by atoms with Crippen molar-refractivity contribution in [3.63, 3.8) is 0 Å². The summed E-state index contributed by atoms with van der Waals surface area (Å²) < 4.78 is 39.2. The minimum atomic E-state index is -3.76. The summed E-state index contributed by atoms with van der Waals surface area (Å²) in [5, 5.41) is 5.77. The number of sulfonamides is 1. The maximum absolute atomic E-state index is 12.6. The first-order valence-corrected chi connectivity index (χ1v) is 12.0. The van der Waals surface area contributed by atoms with Gasteiger partial charge in [0, 0.05) is 24.9 Å². The molecule has 0 spiro atoms. The Labute approximate surface area is 183 Å². The summed E-state index contributed by atoms with van der Waals surface area (Å²) in [6, 6.07) is 11.1. The van der Waals surface area contributed by atoms with Crippen molar-refractivity contribution in [3.8, 4) is 5.75 Å². The highest BCUT2D eigenvalue weighted by atomic mass is 32.2. The molecule has 3 aromatic rings. The van der Waals surface area contributed by atoms with Gasteiger partial charge in [0.2, 0.25) is 0 Å². The molecule has 0 bridgehead atoms. The van der Waals surface area contributed by atoms with Crippen LogP contribution in [0.15, 0.2) is 47.4 Å². The normalized spacial score (nSPS) is 16.2. The third-order valence-corrected chi connectivity index (χ3v) is 7.13. The molecule has 0 radical (unpaired) electrons. The van der Waals surface area contributed by atoms with Gasteiger partial charge in [0.25, 0.3) is 10.0 Å². The lowest BCUT2D eigenvalue weighted by atomic mass is 10.2. The molecule has 31 heavy (non-hydrogen) atoms. The Morgan fingerprint density at radius 3 is 2.81 bits per heavy atom. The van der Waals surface area contributed by atoms with Gasteiger partial charge in [-0.25, -0.2) is 18.2 Å². The molecule has 164 valence electrons. The molecule has 0 saturated carbocycles. The first-order valence-electron chi connectivity index (χ1n) is 9.67. The number of hydrogen-bond acceptors (Lipinski definition) is 7. The molecule has 1 fully saturated rings. The Morgan fingerprint density at radius 2 is 2.10 bits per heavy atom. The van der Waals surface area contributed by atoms with E-state index in [9.17, 15) is 13.2 Å². The Morgan fingerprint density at radius 1 is 1.29 bits per heavy atom. The molecule has 2 aromatic carbocycles. The van der Waals surface area contributed by atoms with Crippen molar-refractivity contribution in [2.24, 2.45) is 0 Å². The van der Waals surface area contributed by atoms with Crippen LogP contribution in [0.2, 0.25) is 0 Å². The summed E-state index contributed by atoms with van der Waals surface area (Å²) in [6.07, 6.45) is 1.98. The van der Waals surface area contributed by atoms with Crippen molar-refractivity contribution in [2.45, 2.75) is 23.8 Å². The molecule has 1 aliphatic rings. The Kier molecular flexibility index (Phi) is 6.25. The van der Waals surface area contributed by atoms with Gasteiger partial charge in [0.05, 0.1) is 22.8 Å². The number of hydrogen-bond donors (Lipinski definition) is 3. The lowest BCUT2D eigenvalue weighted by Crippen LogP contribution is -2.35. The highest BCUT2D eigenvalue weighted by Gasteiger charge is 2.19. The zero-order valence-electron chi connectivity index (χ0n) is 16.8. The Hall–Kier alpha value is -2.89. The van der Waals surface area contributed by atoms with Crippen molar-refractivity contribution < 1.29 is 22.7 Å². The monoisotopic (exact) mass is 462 g/mol. The Balaban J connectivity index is 1.51. The van der Waals surface area contributed by atoms with Crippen molar-refractivity contribution in [2.75, 3.05) is 30.3 Å². The molecule has 1 saturated heterocycles. The summed E-state index contributed by atoms with van der Waals surface area (Å²) in [7, 11) is -2.27. The maximum atomic E-state index is 12.6. The van der Waals surface area contributed by atoms with Crippen molar-refractivity contribution in [3.05, 3.63) is 42.5 Å². The van der Waals surface area contributed by atoms with Crippen molar-refractivity contribution in [1.82, 2.24) is 10.3 Å². The molecule has 1 atom stereocenters. The van der Waals surface area contributed by atoms with Crippen LogP contribution in [0.1, 0.15) is 12.8 Å². The van der Waals surface area contributed by atoms with Gasteiger partial charge < -0.3 is 20.1 Å². The van der Waals surface area contributed by atoms with Crippen LogP contribution in [-0.2, 0) is 14.8 Å². The smallest absolute Gasteiger partial charge is 0.319 e. The van der Waals surface area contributed by atoms with E-state index >= 15 is 0 Å². The van der Waals surface area contributed by atoms with Crippen LogP contribution in [0.4, 0.5) is 15.6 Å². The van der Waals surface area contributed by atoms with Crippen molar-refractivity contribution in [1.29, 1.82) is 0 Å². The molecule has 11 heteroatoms. The zero-order valence-corrected chi connectivity index (χ0v) is 18.4. The SMILES string of the molecule is COc1cc(NC(=O)NC[C@@H]2CCCO2)cc2sc(NS(=O)(=O)c3ccccc3)nc12. The summed E-state index contributed by atoms with van der Waals surface area (Å²) in [6.45, 7) is 1.17. The third-order valence-electron chi connectivity index (χ3n) is 4.73. The van der Waals surface area contributed by atoms with E-state index in [0.29, 0.717) is 28.2 Å². The van der Waals surface area contributed by atoms with Crippen LogP contribution in [0.5, 0.6) is 5.75 Å². The van der Waals surface area contributed by atoms with E-state index in [1.807, 2.05) is 0 Å². The number of aromatic nitrogens is 1. The van der Waals surface area contributed by atoms with E-state index in [2.05, 4.69) is 20.3 Å². The first kappa shape index (κ1) is 21.3. The molecule has 0 aliphatic carbocycles. The fourth-order valence-electron chi connectivity index (χ4n) is 3.23. The highest BCUT2D eigenvalue weighted by Crippen LogP contribution is 2.36. The standard InChI is InChI=1S/C20H22N4O5S2/c1-28-16-10-13(22-19(25)21-12-14-6-5-9-29-14)11-17-18(16)23-20(30-17)24-31(26,27)15-7-3-2-4-8-15/h2-4,7-8,10-11,14H,5-6,9,12H2,1H3,(H,23,24)(H2,21,22,25)/t14-/m0/s1. The van der Waals surface area contributed by atoms with Gasteiger partial charge in [-0.1, -0.05) is 29.5 Å². The number of methoxy groups -OCH3 is 1. The van der Waals surface area contributed by atoms with Gasteiger partial charge in [-0.2, -0.15) is 0 Å². The molecule has 2 heterocycles. The molecule has 4 rings (SSSR count). The third kappa shape index (κ3) is 5.06. The molecule has 3 N–H and O–H groups in total. The van der Waals surface area contributed by atoms with Gasteiger partial charge >= 0.3 is 6.03 Å². The molecule has 1 aliphatic heterocycles. The Bertz CT molecular complexity index is 1180. The minimum Gasteiger partial charge on any atom is -0.494 e. The van der Waals surface area contributed by atoms with E-state index in [4.69, 9.17) is 9.47 Å². The van der Waals surface area contributed by atoms with E-state index < -0.39 is 10.0 Å². The predicted octanol–water partition coefficient (Wildman–Crippen LogP) is 3.41. The molecule has 0 unspecified atom stereocenters. The average molecular weight is 463 g/mol. The molecule has 2 amide bonds. The zero-order chi connectivity index (χ0) is 21.8. The number of urea groups is 1. The van der Waals surface area contributed by atoms with E-state index in [1.165, 1.54) is 19.2 Å². The number of nitrogens with zero attached hydrogens (tertiary/aromatic N) is 1. The molecule has 9 nitrogen and oxygen atoms in total. The first-order chi connectivity index (χ1) is 14.9. The predicted molar refractivity (Wildman–Crippen MR) is 119 cm³/mol. The molecular weight excluding hydrogens is 440 g/mol. The lowest BCUT2D eigenvalue weighted by Gasteiger charge is -2.12. The second-order valence-electron chi connectivity index (χ2n) is 6.93. The number of amides is 2. The number of fused-ring (bicyclic) bond motifs is 1.